The summed E-state index contributed by atoms with van der Waals surface area (Å²) in [5, 5.41) is 5.84. The number of rotatable bonds is 6. The Bertz CT molecular complexity index is 822. The second-order valence-corrected chi connectivity index (χ2v) is 5.31. The lowest BCUT2D eigenvalue weighted by Crippen LogP contribution is -2.24. The van der Waals surface area contributed by atoms with Crippen molar-refractivity contribution >= 4 is 11.7 Å². The normalized spacial score (nSPS) is 10.3. The maximum absolute atomic E-state index is 12.8. The fourth-order valence-electron chi connectivity index (χ4n) is 2.10. The summed E-state index contributed by atoms with van der Waals surface area (Å²) in [6.45, 7) is 0.885. The highest BCUT2D eigenvalue weighted by Crippen LogP contribution is 2.06. The van der Waals surface area contributed by atoms with Gasteiger partial charge in [0.05, 0.1) is 12.4 Å². The molecule has 0 saturated heterocycles. The van der Waals surface area contributed by atoms with E-state index in [9.17, 15) is 9.18 Å². The summed E-state index contributed by atoms with van der Waals surface area (Å²) >= 11 is 0. The first kappa shape index (κ1) is 16.5. The van der Waals surface area contributed by atoms with Crippen LogP contribution in [0.25, 0.3) is 0 Å². The van der Waals surface area contributed by atoms with Crippen molar-refractivity contribution in [3.05, 3.63) is 83.8 Å². The number of nitrogens with one attached hydrogen (secondary N) is 2. The van der Waals surface area contributed by atoms with E-state index in [0.717, 1.165) is 11.1 Å². The first-order chi connectivity index (χ1) is 12.2. The van der Waals surface area contributed by atoms with E-state index in [4.69, 9.17) is 0 Å². The minimum absolute atomic E-state index is 0.219. The van der Waals surface area contributed by atoms with Crippen LogP contribution >= 0.6 is 0 Å². The lowest BCUT2D eigenvalue weighted by atomic mass is 10.2. The average Bonchev–Trinajstić information content (AvgIpc) is 2.67. The molecule has 126 valence electrons. The van der Waals surface area contributed by atoms with Crippen molar-refractivity contribution in [3.63, 3.8) is 0 Å². The van der Waals surface area contributed by atoms with Crippen LogP contribution in [0.3, 0.4) is 0 Å². The first-order valence-corrected chi connectivity index (χ1v) is 7.68. The van der Waals surface area contributed by atoms with E-state index in [-0.39, 0.29) is 17.4 Å². The number of benzene rings is 1. The molecule has 1 amide bonds. The number of carbonyl (C=O) groups excluding carboxylic acids is 1. The van der Waals surface area contributed by atoms with Gasteiger partial charge in [-0.3, -0.25) is 9.78 Å². The Labute approximate surface area is 144 Å². The van der Waals surface area contributed by atoms with Crippen LogP contribution in [-0.2, 0) is 13.1 Å². The Morgan fingerprint density at radius 1 is 0.920 bits per heavy atom. The number of aromatic nitrogens is 3. The van der Waals surface area contributed by atoms with Gasteiger partial charge in [0.25, 0.3) is 5.91 Å². The molecule has 6 nitrogen and oxygen atoms in total. The van der Waals surface area contributed by atoms with Crippen LogP contribution in [0.2, 0.25) is 0 Å². The summed E-state index contributed by atoms with van der Waals surface area (Å²) in [7, 11) is 0. The zero-order chi connectivity index (χ0) is 17.5. The fourth-order valence-corrected chi connectivity index (χ4v) is 2.10. The molecule has 0 fully saturated rings. The number of halogens is 1. The molecule has 3 aromatic rings. The molecule has 2 heterocycles. The van der Waals surface area contributed by atoms with Gasteiger partial charge in [0.1, 0.15) is 17.3 Å². The molecular weight excluding hydrogens is 321 g/mol. The van der Waals surface area contributed by atoms with Crippen LogP contribution < -0.4 is 10.6 Å². The molecule has 0 unspecified atom stereocenters. The zero-order valence-electron chi connectivity index (χ0n) is 13.3. The van der Waals surface area contributed by atoms with Crippen LogP contribution in [0.4, 0.5) is 10.2 Å². The van der Waals surface area contributed by atoms with Gasteiger partial charge >= 0.3 is 0 Å². The lowest BCUT2D eigenvalue weighted by molar-refractivity contribution is 0.0945. The molecule has 0 bridgehead atoms. The minimum Gasteiger partial charge on any atom is -0.365 e. The standard InChI is InChI=1S/C18H16FN5O/c19-15-3-1-13(2-4-15)10-24-18(25)16-11-23-17(12-21-16)22-9-14-5-7-20-8-6-14/h1-8,11-12H,9-10H2,(H,22,23)(H,24,25). The third kappa shape index (κ3) is 4.81. The molecule has 2 aromatic heterocycles. The van der Waals surface area contributed by atoms with Gasteiger partial charge in [0, 0.05) is 25.5 Å². The molecule has 2 N–H and O–H groups in total. The molecule has 0 aliphatic rings. The Hall–Kier alpha value is -3.35. The Balaban J connectivity index is 1.52. The van der Waals surface area contributed by atoms with E-state index >= 15 is 0 Å². The predicted octanol–water partition coefficient (Wildman–Crippen LogP) is 2.55. The molecular formula is C18H16FN5O. The summed E-state index contributed by atoms with van der Waals surface area (Å²) in [4.78, 5) is 24.3. The van der Waals surface area contributed by atoms with Gasteiger partial charge in [-0.15, -0.1) is 0 Å². The highest BCUT2D eigenvalue weighted by atomic mass is 19.1. The van der Waals surface area contributed by atoms with Crippen LogP contribution in [0.15, 0.2) is 61.2 Å². The highest BCUT2D eigenvalue weighted by molar-refractivity contribution is 5.91. The molecule has 3 rings (SSSR count). The molecule has 0 spiro atoms. The summed E-state index contributed by atoms with van der Waals surface area (Å²) in [5.41, 5.74) is 2.09. The number of anilines is 1. The lowest BCUT2D eigenvalue weighted by Gasteiger charge is -2.07. The number of nitrogens with zero attached hydrogens (tertiary/aromatic N) is 3. The molecule has 25 heavy (non-hydrogen) atoms. The summed E-state index contributed by atoms with van der Waals surface area (Å²) < 4.78 is 12.8. The molecule has 0 radical (unpaired) electrons. The maximum atomic E-state index is 12.8. The highest BCUT2D eigenvalue weighted by Gasteiger charge is 2.08. The van der Waals surface area contributed by atoms with Crippen molar-refractivity contribution in [1.82, 2.24) is 20.3 Å². The quantitative estimate of drug-likeness (QED) is 0.723. The van der Waals surface area contributed by atoms with E-state index in [1.165, 1.54) is 24.5 Å². The summed E-state index contributed by atoms with van der Waals surface area (Å²) in [6, 6.07) is 9.74. The van der Waals surface area contributed by atoms with Crippen molar-refractivity contribution in [2.24, 2.45) is 0 Å². The third-order valence-electron chi connectivity index (χ3n) is 3.47. The van der Waals surface area contributed by atoms with E-state index in [0.29, 0.717) is 18.9 Å². The Morgan fingerprint density at radius 3 is 2.32 bits per heavy atom. The van der Waals surface area contributed by atoms with Crippen molar-refractivity contribution < 1.29 is 9.18 Å². The van der Waals surface area contributed by atoms with Crippen molar-refractivity contribution in [2.75, 3.05) is 5.32 Å². The summed E-state index contributed by atoms with van der Waals surface area (Å²) in [5.74, 6) is -0.0693. The average molecular weight is 337 g/mol. The van der Waals surface area contributed by atoms with Crippen LogP contribution in [-0.4, -0.2) is 20.9 Å². The number of pyridine rings is 1. The van der Waals surface area contributed by atoms with E-state index in [2.05, 4.69) is 25.6 Å². The van der Waals surface area contributed by atoms with Gasteiger partial charge < -0.3 is 10.6 Å². The largest absolute Gasteiger partial charge is 0.365 e. The van der Waals surface area contributed by atoms with Gasteiger partial charge in [0.2, 0.25) is 0 Å². The number of carbonyl (C=O) groups is 1. The number of hydrogen-bond donors (Lipinski definition) is 2. The van der Waals surface area contributed by atoms with Crippen LogP contribution in [0.1, 0.15) is 21.6 Å². The van der Waals surface area contributed by atoms with E-state index < -0.39 is 0 Å². The van der Waals surface area contributed by atoms with Gasteiger partial charge in [0.15, 0.2) is 0 Å². The second-order valence-electron chi connectivity index (χ2n) is 5.31. The molecule has 0 atom stereocenters. The SMILES string of the molecule is O=C(NCc1ccc(F)cc1)c1cnc(NCc2ccncc2)cn1. The van der Waals surface area contributed by atoms with E-state index in [1.807, 2.05) is 12.1 Å². The van der Waals surface area contributed by atoms with Gasteiger partial charge in [-0.05, 0) is 35.4 Å². The van der Waals surface area contributed by atoms with Crippen molar-refractivity contribution in [1.29, 1.82) is 0 Å². The topological polar surface area (TPSA) is 79.8 Å². The molecule has 1 aromatic carbocycles. The summed E-state index contributed by atoms with van der Waals surface area (Å²) in [6.07, 6.45) is 6.36. The second kappa shape index (κ2) is 7.96. The van der Waals surface area contributed by atoms with Crippen molar-refractivity contribution in [3.8, 4) is 0 Å². The molecule has 7 heteroatoms. The first-order valence-electron chi connectivity index (χ1n) is 7.68. The maximum Gasteiger partial charge on any atom is 0.271 e. The van der Waals surface area contributed by atoms with Crippen LogP contribution in [0.5, 0.6) is 0 Å². The minimum atomic E-state index is -0.336. The molecule has 0 saturated carbocycles. The molecule has 0 aliphatic heterocycles. The fraction of sp³-hybridized carbons (Fsp3) is 0.111. The third-order valence-corrected chi connectivity index (χ3v) is 3.47. The van der Waals surface area contributed by atoms with Crippen molar-refractivity contribution in [2.45, 2.75) is 13.1 Å². The monoisotopic (exact) mass is 337 g/mol. The van der Waals surface area contributed by atoms with Crippen LogP contribution in [0, 0.1) is 5.82 Å². The zero-order valence-corrected chi connectivity index (χ0v) is 13.3. The smallest absolute Gasteiger partial charge is 0.271 e. The molecule has 0 aliphatic carbocycles. The van der Waals surface area contributed by atoms with Gasteiger partial charge in [-0.25, -0.2) is 14.4 Å². The predicted molar refractivity (Wildman–Crippen MR) is 91.2 cm³/mol. The Kier molecular flexibility index (Phi) is 5.26. The Morgan fingerprint density at radius 2 is 1.64 bits per heavy atom. The van der Waals surface area contributed by atoms with Gasteiger partial charge in [-0.2, -0.15) is 0 Å². The number of hydrogen-bond acceptors (Lipinski definition) is 5. The van der Waals surface area contributed by atoms with Gasteiger partial charge in [-0.1, -0.05) is 12.1 Å². The van der Waals surface area contributed by atoms with E-state index in [1.54, 1.807) is 24.5 Å². The number of amides is 1.